The molecule has 1 aromatic heterocycles. The average molecular weight is 659 g/mol. The Balaban J connectivity index is 1.45. The van der Waals surface area contributed by atoms with E-state index in [0.29, 0.717) is 56.6 Å². The Morgan fingerprint density at radius 1 is 1.15 bits per heavy atom. The minimum atomic E-state index is -4.87. The van der Waals surface area contributed by atoms with E-state index in [1.54, 1.807) is 17.1 Å². The van der Waals surface area contributed by atoms with Gasteiger partial charge in [0.2, 0.25) is 12.5 Å². The number of aromatic nitrogens is 2. The van der Waals surface area contributed by atoms with Crippen molar-refractivity contribution in [3.05, 3.63) is 64.4 Å². The first kappa shape index (κ1) is 34.4. The molecule has 0 unspecified atom stereocenters. The fourth-order valence-corrected chi connectivity index (χ4v) is 6.76. The number of hydrogen-bond donors (Lipinski definition) is 0. The number of likely N-dealkylation sites (N-methyl/N-ethyl adjacent to an activating group) is 2. The van der Waals surface area contributed by atoms with Crippen LogP contribution in [0.1, 0.15) is 30.2 Å². The standard InChI is InChI=1S/C33H42F4N8O2/c1-22-16-23(42(5)18-22)21-47-32-39-27-20-43(28-9-6-8-26(34)30(28)33(35,36)37)13-11-25(27)31(40-32)44-14-15-45(24(19-44)17-38-2)29(46)10-7-12-41(3)4/h6-10,22-24H,11-21H2,1,3-5H3/b10-7+/t22-,23+,24+/m1/s1. The van der Waals surface area contributed by atoms with Crippen LogP contribution < -0.4 is 14.5 Å². The van der Waals surface area contributed by atoms with E-state index in [1.807, 2.05) is 30.9 Å². The molecule has 0 aliphatic carbocycles. The number of hydrogen-bond acceptors (Lipinski definition) is 8. The number of halogens is 4. The van der Waals surface area contributed by atoms with Gasteiger partial charge >= 0.3 is 12.2 Å². The molecule has 5 rings (SSSR count). The summed E-state index contributed by atoms with van der Waals surface area (Å²) in [5.74, 6) is -0.362. The van der Waals surface area contributed by atoms with Crippen molar-refractivity contribution in [1.29, 1.82) is 0 Å². The van der Waals surface area contributed by atoms with Crippen molar-refractivity contribution in [2.24, 2.45) is 5.92 Å². The summed E-state index contributed by atoms with van der Waals surface area (Å²) >= 11 is 0. The topological polar surface area (TPSA) is 72.6 Å². The Kier molecular flexibility index (Phi) is 10.6. The Morgan fingerprint density at radius 2 is 1.94 bits per heavy atom. The van der Waals surface area contributed by atoms with Crippen LogP contribution in [0.2, 0.25) is 0 Å². The molecule has 0 radical (unpaired) electrons. The highest BCUT2D eigenvalue weighted by molar-refractivity contribution is 5.88. The summed E-state index contributed by atoms with van der Waals surface area (Å²) in [6.07, 6.45) is -0.249. The van der Waals surface area contributed by atoms with Gasteiger partial charge in [0.05, 0.1) is 17.9 Å². The number of amides is 1. The number of rotatable bonds is 9. The number of likely N-dealkylation sites (tertiary alicyclic amines) is 1. The lowest BCUT2D eigenvalue weighted by molar-refractivity contribution is -0.139. The molecular formula is C33H42F4N8O2. The highest BCUT2D eigenvalue weighted by Crippen LogP contribution is 2.40. The molecule has 2 saturated heterocycles. The first-order chi connectivity index (χ1) is 22.3. The predicted octanol–water partition coefficient (Wildman–Crippen LogP) is 3.97. The third-order valence-electron chi connectivity index (χ3n) is 9.04. The molecule has 14 heteroatoms. The van der Waals surface area contributed by atoms with Gasteiger partial charge in [0.1, 0.15) is 29.8 Å². The fourth-order valence-electron chi connectivity index (χ4n) is 6.76. The lowest BCUT2D eigenvalue weighted by Crippen LogP contribution is -2.56. The average Bonchev–Trinajstić information content (AvgIpc) is 3.34. The Labute approximate surface area is 273 Å². The van der Waals surface area contributed by atoms with E-state index in [1.165, 1.54) is 17.0 Å². The number of benzene rings is 1. The molecule has 3 atom stereocenters. The maximum absolute atomic E-state index is 14.5. The zero-order valence-corrected chi connectivity index (χ0v) is 27.3. The molecule has 2 aromatic rings. The van der Waals surface area contributed by atoms with Crippen molar-refractivity contribution in [1.82, 2.24) is 24.7 Å². The van der Waals surface area contributed by atoms with Crippen molar-refractivity contribution in [3.8, 4) is 6.01 Å². The Hall–Kier alpha value is -3.96. The first-order valence-corrected chi connectivity index (χ1v) is 15.9. The number of carbonyl (C=O) groups is 1. The van der Waals surface area contributed by atoms with E-state index < -0.39 is 17.6 Å². The van der Waals surface area contributed by atoms with Crippen LogP contribution in [0.15, 0.2) is 30.4 Å². The van der Waals surface area contributed by atoms with E-state index >= 15 is 0 Å². The van der Waals surface area contributed by atoms with Crippen molar-refractivity contribution < 1.29 is 27.1 Å². The van der Waals surface area contributed by atoms with E-state index in [-0.39, 0.29) is 49.3 Å². The monoisotopic (exact) mass is 658 g/mol. The Morgan fingerprint density at radius 3 is 2.62 bits per heavy atom. The summed E-state index contributed by atoms with van der Waals surface area (Å²) in [6, 6.07) is 3.29. The van der Waals surface area contributed by atoms with Crippen molar-refractivity contribution in [2.75, 3.05) is 83.4 Å². The summed E-state index contributed by atoms with van der Waals surface area (Å²) in [5.41, 5.74) is -0.250. The second kappa shape index (κ2) is 14.4. The molecule has 2 fully saturated rings. The van der Waals surface area contributed by atoms with Gasteiger partial charge < -0.3 is 29.2 Å². The minimum Gasteiger partial charge on any atom is -0.462 e. The van der Waals surface area contributed by atoms with Crippen LogP contribution in [0.5, 0.6) is 6.01 Å². The molecule has 4 heterocycles. The van der Waals surface area contributed by atoms with Crippen LogP contribution in [-0.4, -0.2) is 116 Å². The van der Waals surface area contributed by atoms with Gasteiger partial charge in [0, 0.05) is 56.9 Å². The summed E-state index contributed by atoms with van der Waals surface area (Å²) < 4.78 is 62.5. The van der Waals surface area contributed by atoms with Crippen LogP contribution in [0.3, 0.4) is 0 Å². The maximum atomic E-state index is 14.5. The molecule has 10 nitrogen and oxygen atoms in total. The number of nitrogens with zero attached hydrogens (tertiary/aromatic N) is 8. The largest absolute Gasteiger partial charge is 0.462 e. The number of fused-ring (bicyclic) bond motifs is 1. The van der Waals surface area contributed by atoms with Gasteiger partial charge in [-0.3, -0.25) is 9.69 Å². The normalized spacial score (nSPS) is 22.2. The van der Waals surface area contributed by atoms with Gasteiger partial charge in [-0.25, -0.2) is 11.0 Å². The van der Waals surface area contributed by atoms with Gasteiger partial charge in [-0.15, -0.1) is 0 Å². The summed E-state index contributed by atoms with van der Waals surface area (Å²) in [4.78, 5) is 35.6. The fraction of sp³-hybridized carbons (Fsp3) is 0.576. The highest BCUT2D eigenvalue weighted by Gasteiger charge is 2.40. The zero-order chi connectivity index (χ0) is 33.9. The molecule has 47 heavy (non-hydrogen) atoms. The maximum Gasteiger partial charge on any atom is 0.421 e. The van der Waals surface area contributed by atoms with Gasteiger partial charge in [-0.05, 0) is 52.0 Å². The van der Waals surface area contributed by atoms with E-state index in [2.05, 4.69) is 21.7 Å². The van der Waals surface area contributed by atoms with Crippen LogP contribution >= 0.6 is 0 Å². The summed E-state index contributed by atoms with van der Waals surface area (Å²) in [5, 5.41) is 0. The van der Waals surface area contributed by atoms with Crippen LogP contribution in [0.4, 0.5) is 29.1 Å². The molecule has 0 saturated carbocycles. The lowest BCUT2D eigenvalue weighted by Gasteiger charge is -2.41. The van der Waals surface area contributed by atoms with Gasteiger partial charge in [-0.1, -0.05) is 19.1 Å². The van der Waals surface area contributed by atoms with Crippen LogP contribution in [-0.2, 0) is 23.9 Å². The number of ether oxygens (including phenoxy) is 1. The highest BCUT2D eigenvalue weighted by atomic mass is 19.4. The Bertz CT molecular complexity index is 1510. The number of piperazine rings is 1. The SMILES string of the molecule is [C-]#[N+]C[C@H]1CN(c2nc(OC[C@@H]3C[C@@H](C)CN3C)nc3c2CCN(c2cccc(F)c2C(F)(F)F)C3)CCN1C(=O)/C=C/CN(C)C. The third kappa shape index (κ3) is 7.96. The molecule has 254 valence electrons. The molecule has 1 amide bonds. The smallest absolute Gasteiger partial charge is 0.421 e. The minimum absolute atomic E-state index is 0.00865. The molecule has 0 N–H and O–H groups in total. The molecular weight excluding hydrogens is 616 g/mol. The van der Waals surface area contributed by atoms with Gasteiger partial charge in [0.25, 0.3) is 0 Å². The van der Waals surface area contributed by atoms with Gasteiger partial charge in [0.15, 0.2) is 0 Å². The molecule has 3 aliphatic rings. The van der Waals surface area contributed by atoms with Crippen LogP contribution in [0.25, 0.3) is 4.85 Å². The third-order valence-corrected chi connectivity index (χ3v) is 9.04. The zero-order valence-electron chi connectivity index (χ0n) is 27.3. The molecule has 0 bridgehead atoms. The van der Waals surface area contributed by atoms with E-state index in [9.17, 15) is 22.4 Å². The molecule has 0 spiro atoms. The first-order valence-electron chi connectivity index (χ1n) is 15.9. The van der Waals surface area contributed by atoms with Crippen LogP contribution in [0, 0.1) is 18.3 Å². The van der Waals surface area contributed by atoms with Crippen molar-refractivity contribution in [2.45, 2.75) is 44.6 Å². The van der Waals surface area contributed by atoms with Gasteiger partial charge in [-0.2, -0.15) is 23.1 Å². The summed E-state index contributed by atoms with van der Waals surface area (Å²) in [6.45, 7) is 13.1. The van der Waals surface area contributed by atoms with E-state index in [0.717, 1.165) is 24.6 Å². The molecule has 3 aliphatic heterocycles. The summed E-state index contributed by atoms with van der Waals surface area (Å²) in [7, 11) is 5.86. The van der Waals surface area contributed by atoms with Crippen molar-refractivity contribution >= 4 is 17.4 Å². The second-order valence-corrected chi connectivity index (χ2v) is 12.9. The second-order valence-electron chi connectivity index (χ2n) is 12.9. The molecule has 1 aromatic carbocycles. The quantitative estimate of drug-likeness (QED) is 0.228. The number of anilines is 2. The van der Waals surface area contributed by atoms with Crippen molar-refractivity contribution in [3.63, 3.8) is 0 Å². The number of carbonyl (C=O) groups excluding carboxylic acids is 1. The van der Waals surface area contributed by atoms with E-state index in [4.69, 9.17) is 16.3 Å². The number of alkyl halides is 3. The predicted molar refractivity (Wildman–Crippen MR) is 171 cm³/mol. The lowest BCUT2D eigenvalue weighted by atomic mass is 10.0.